The van der Waals surface area contributed by atoms with E-state index in [1.807, 2.05) is 292 Å². The molecule has 718 valence electrons. The number of hydrogen-bond acceptors (Lipinski definition) is 19. The number of rotatable bonds is 12. The van der Waals surface area contributed by atoms with Gasteiger partial charge in [-0.05, 0) is 55.1 Å². The van der Waals surface area contributed by atoms with Crippen LogP contribution < -0.4 is 21.2 Å². The van der Waals surface area contributed by atoms with Gasteiger partial charge in [-0.25, -0.2) is 8.42 Å². The molecule has 19 nitrogen and oxygen atoms in total. The van der Waals surface area contributed by atoms with Crippen LogP contribution in [0.15, 0.2) is 410 Å². The first-order valence-corrected chi connectivity index (χ1v) is 46.3. The number of carbonyl (C=O) groups is 2. The first kappa shape index (κ1) is 133. The number of methoxy groups -OCH3 is 13. The normalized spacial score (nSPS) is 9.07. The molecule has 13 rings (SSSR count). The van der Waals surface area contributed by atoms with E-state index in [2.05, 4.69) is 122 Å². The molecule has 131 heavy (non-hydrogen) atoms. The smallest absolute Gasteiger partial charge is 0.206 e. The van der Waals surface area contributed by atoms with Crippen molar-refractivity contribution in [2.24, 2.45) is 0 Å². The van der Waals surface area contributed by atoms with E-state index in [0.29, 0.717) is 9.79 Å². The standard InChI is InChI=1S/2C13H13OP.2C13H10O.C13H12.C12H10O2S.C6H6.13C2H6O/c2*1-15(14,12-8-4-2-5-9-12)13-10-6-3-7-11-13;2*14-13(11-7-3-1-4-8-11)12-9-5-2-6-10-12;1-3-7-12(8-4-1)11-13-9-5-2-6-10-13;13-15(14,11-7-3-1-4-8-11)12-9-5-2-6-10-12;1-2-4-6-5-3-1;13*1-3-2/h2*2-11H,1H3;2*1-10H;1-10H,11H2;1-10H;1-6H;13*1-2H3. The van der Waals surface area contributed by atoms with Crippen LogP contribution in [0.5, 0.6) is 0 Å². The first-order valence-electron chi connectivity index (χ1n) is 40.6. The van der Waals surface area contributed by atoms with Gasteiger partial charge >= 0.3 is 0 Å². The molecule has 0 fully saturated rings. The number of carbonyl (C=O) groups excluding carboxylic acids is 2. The summed E-state index contributed by atoms with van der Waals surface area (Å²) >= 11 is 0. The summed E-state index contributed by atoms with van der Waals surface area (Å²) in [5.41, 5.74) is 5.68. The Morgan fingerprint density at radius 3 is 0.435 bits per heavy atom. The van der Waals surface area contributed by atoms with E-state index in [1.165, 1.54) is 11.1 Å². The largest absolute Gasteiger partial charge is 0.388 e. The minimum Gasteiger partial charge on any atom is -0.388 e. The van der Waals surface area contributed by atoms with Crippen molar-refractivity contribution >= 4 is 56.9 Å². The number of hydrogen-bond donors (Lipinski definition) is 0. The van der Waals surface area contributed by atoms with Crippen LogP contribution in [0.3, 0.4) is 0 Å². The van der Waals surface area contributed by atoms with Gasteiger partial charge in [0.05, 0.1) is 9.79 Å². The summed E-state index contributed by atoms with van der Waals surface area (Å²) in [6, 6.07) is 126. The predicted molar refractivity (Wildman–Crippen MR) is 553 cm³/mol. The van der Waals surface area contributed by atoms with Crippen LogP contribution in [0.4, 0.5) is 0 Å². The molecule has 0 saturated carbocycles. The van der Waals surface area contributed by atoms with Crippen molar-refractivity contribution < 1.29 is 88.7 Å². The SMILES string of the molecule is COC.COC.COC.COC.COC.COC.COC.COC.COC.COC.COC.COC.COC.CP(=O)(c1ccccc1)c1ccccc1.CP(=O)(c1ccccc1)c1ccccc1.O=C(c1ccccc1)c1ccccc1.O=C(c1ccccc1)c1ccccc1.O=S(=O)(c1ccccc1)c1ccccc1.c1ccc(Cc2ccccc2)cc1.c1ccccc1. The fourth-order valence-electron chi connectivity index (χ4n) is 8.99. The van der Waals surface area contributed by atoms with E-state index in [9.17, 15) is 27.1 Å². The van der Waals surface area contributed by atoms with E-state index in [0.717, 1.165) is 49.9 Å². The van der Waals surface area contributed by atoms with Crippen molar-refractivity contribution in [2.75, 3.05) is 198 Å². The van der Waals surface area contributed by atoms with Gasteiger partial charge < -0.3 is 70.7 Å². The van der Waals surface area contributed by atoms with E-state index < -0.39 is 24.1 Å². The Labute approximate surface area is 789 Å². The molecule has 0 bridgehead atoms. The van der Waals surface area contributed by atoms with Crippen LogP contribution in [0, 0.1) is 0 Å². The predicted octanol–water partition coefficient (Wildman–Crippen LogP) is 22.0. The highest BCUT2D eigenvalue weighted by atomic mass is 32.2. The molecule has 22 heteroatoms. The molecular formula is C109H152O19P2S. The Morgan fingerprint density at radius 1 is 0.191 bits per heavy atom. The number of ether oxygens (including phenoxy) is 13. The molecule has 0 aliphatic rings. The number of ketones is 2. The topological polar surface area (TPSA) is 222 Å². The summed E-state index contributed by atoms with van der Waals surface area (Å²) in [4.78, 5) is 24.4. The fourth-order valence-corrected chi connectivity index (χ4v) is 13.9. The lowest BCUT2D eigenvalue weighted by molar-refractivity contribution is 0.103. The molecule has 0 amide bonds. The lowest BCUT2D eigenvalue weighted by Crippen LogP contribution is -2.14. The summed E-state index contributed by atoms with van der Waals surface area (Å²) in [7, 11) is 34.1. The highest BCUT2D eigenvalue weighted by Crippen LogP contribution is 2.39. The molecule has 0 spiro atoms. The van der Waals surface area contributed by atoms with Gasteiger partial charge in [0.15, 0.2) is 11.6 Å². The van der Waals surface area contributed by atoms with Gasteiger partial charge in [0.2, 0.25) is 9.84 Å². The summed E-state index contributed by atoms with van der Waals surface area (Å²) in [6.07, 6.45) is 1.03. The summed E-state index contributed by atoms with van der Waals surface area (Å²) in [5, 5.41) is 3.65. The maximum absolute atomic E-state index is 12.6. The quantitative estimate of drug-likeness (QED) is 0.0819. The zero-order valence-corrected chi connectivity index (χ0v) is 85.5. The van der Waals surface area contributed by atoms with E-state index >= 15 is 0 Å². The van der Waals surface area contributed by atoms with Crippen molar-refractivity contribution in [1.29, 1.82) is 0 Å². The summed E-state index contributed by atoms with van der Waals surface area (Å²) in [6.45, 7) is 3.63. The second-order valence-corrected chi connectivity index (χ2v) is 33.8. The van der Waals surface area contributed by atoms with Crippen LogP contribution in [0.25, 0.3) is 0 Å². The van der Waals surface area contributed by atoms with Gasteiger partial charge in [0.25, 0.3) is 0 Å². The molecule has 0 unspecified atom stereocenters. The highest BCUT2D eigenvalue weighted by molar-refractivity contribution is 7.91. The molecule has 0 heterocycles. The first-order chi connectivity index (χ1) is 63.2. The average molecular weight is 1860 g/mol. The van der Waals surface area contributed by atoms with Crippen molar-refractivity contribution in [3.05, 3.63) is 434 Å². The van der Waals surface area contributed by atoms with Crippen LogP contribution in [-0.4, -0.2) is 218 Å². The third kappa shape index (κ3) is 75.5. The van der Waals surface area contributed by atoms with Crippen LogP contribution >= 0.6 is 14.3 Å². The third-order valence-electron chi connectivity index (χ3n) is 14.0. The lowest BCUT2D eigenvalue weighted by atomic mass is 10.0. The van der Waals surface area contributed by atoms with Crippen LogP contribution in [-0.2, 0) is 87.0 Å². The van der Waals surface area contributed by atoms with Crippen molar-refractivity contribution in [1.82, 2.24) is 0 Å². The van der Waals surface area contributed by atoms with E-state index in [4.69, 9.17) is 0 Å². The molecule has 0 aromatic heterocycles. The van der Waals surface area contributed by atoms with Crippen LogP contribution in [0.1, 0.15) is 43.0 Å². The monoisotopic (exact) mass is 1860 g/mol. The van der Waals surface area contributed by atoms with Gasteiger partial charge in [-0.15, -0.1) is 0 Å². The average Bonchev–Trinajstić information content (AvgIpc) is 0.822. The number of sulfone groups is 1. The molecule has 0 aliphatic carbocycles. The second kappa shape index (κ2) is 99.7. The van der Waals surface area contributed by atoms with E-state index in [-0.39, 0.29) is 11.6 Å². The van der Waals surface area contributed by atoms with Gasteiger partial charge in [-0.1, -0.05) is 376 Å². The van der Waals surface area contributed by atoms with Crippen molar-refractivity contribution in [3.63, 3.8) is 0 Å². The van der Waals surface area contributed by atoms with Crippen LogP contribution in [0.2, 0.25) is 0 Å². The Kier molecular flexibility index (Phi) is 101. The fraction of sp³-hybridized carbons (Fsp3) is 0.266. The van der Waals surface area contributed by atoms with E-state index in [1.54, 1.807) is 246 Å². The van der Waals surface area contributed by atoms with Gasteiger partial charge in [0.1, 0.15) is 14.3 Å². The Balaban J connectivity index is -0.000000258. The molecule has 13 aromatic rings. The van der Waals surface area contributed by atoms with Gasteiger partial charge in [-0.3, -0.25) is 9.59 Å². The summed E-state index contributed by atoms with van der Waals surface area (Å²) < 4.78 is 105. The minimum absolute atomic E-state index is 0.0752. The molecule has 13 aromatic carbocycles. The Morgan fingerprint density at radius 2 is 0.298 bits per heavy atom. The van der Waals surface area contributed by atoms with Crippen molar-refractivity contribution in [3.8, 4) is 0 Å². The minimum atomic E-state index is -3.34. The van der Waals surface area contributed by atoms with Crippen molar-refractivity contribution in [2.45, 2.75) is 16.2 Å². The Hall–Kier alpha value is -10.9. The molecule has 0 atom stereocenters. The third-order valence-corrected chi connectivity index (χ3v) is 20.9. The molecule has 0 aliphatic heterocycles. The highest BCUT2D eigenvalue weighted by Gasteiger charge is 2.21. The molecule has 0 saturated heterocycles. The molecular weight excluding hydrogens is 1710 g/mol. The zero-order valence-electron chi connectivity index (χ0n) is 82.9. The zero-order chi connectivity index (χ0) is 100. The maximum atomic E-state index is 12.6. The molecule has 0 radical (unpaired) electrons. The summed E-state index contributed by atoms with van der Waals surface area (Å²) in [5.74, 6) is 0.150. The number of benzene rings is 13. The van der Waals surface area contributed by atoms with Gasteiger partial charge in [0, 0.05) is 228 Å². The maximum Gasteiger partial charge on any atom is 0.206 e. The molecule has 0 N–H and O–H groups in total. The van der Waals surface area contributed by atoms with Gasteiger partial charge in [-0.2, -0.15) is 0 Å². The second-order valence-electron chi connectivity index (χ2n) is 26.1. The lowest BCUT2D eigenvalue weighted by Gasteiger charge is -2.13. The Bertz CT molecular complexity index is 4150.